The summed E-state index contributed by atoms with van der Waals surface area (Å²) in [5.41, 5.74) is 0.222. The van der Waals surface area contributed by atoms with Gasteiger partial charge in [0.1, 0.15) is 9.81 Å². The highest BCUT2D eigenvalue weighted by Crippen LogP contribution is 2.35. The molecule has 0 aliphatic heterocycles. The highest BCUT2D eigenvalue weighted by molar-refractivity contribution is 7.94. The van der Waals surface area contributed by atoms with Crippen molar-refractivity contribution >= 4 is 27.0 Å². The Morgan fingerprint density at radius 1 is 0.958 bits per heavy atom. The molecule has 3 aromatic rings. The van der Waals surface area contributed by atoms with E-state index >= 15 is 0 Å². The molecule has 1 atom stereocenters. The molecule has 2 aromatic carbocycles. The van der Waals surface area contributed by atoms with Gasteiger partial charge in [-0.3, -0.25) is 4.72 Å². The van der Waals surface area contributed by atoms with Gasteiger partial charge in [-0.25, -0.2) is 8.42 Å². The highest BCUT2D eigenvalue weighted by Gasteiger charge is 2.29. The smallest absolute Gasteiger partial charge is 0.271 e. The summed E-state index contributed by atoms with van der Waals surface area (Å²) < 4.78 is 27.8. The number of hydrogen-bond donors (Lipinski definition) is 2. The molecule has 0 radical (unpaired) electrons. The Morgan fingerprint density at radius 2 is 1.62 bits per heavy atom. The molecule has 3 rings (SSSR count). The molecule has 1 unspecified atom stereocenters. The van der Waals surface area contributed by atoms with Gasteiger partial charge in [0, 0.05) is 5.56 Å². The molecule has 4 nitrogen and oxygen atoms in total. The summed E-state index contributed by atoms with van der Waals surface area (Å²) >= 11 is 1.15. The number of benzene rings is 2. The number of sulfonamides is 1. The first-order valence-electron chi connectivity index (χ1n) is 7.35. The van der Waals surface area contributed by atoms with E-state index in [9.17, 15) is 13.5 Å². The van der Waals surface area contributed by atoms with Gasteiger partial charge in [-0.15, -0.1) is 11.3 Å². The van der Waals surface area contributed by atoms with Crippen LogP contribution in [0.3, 0.4) is 0 Å². The van der Waals surface area contributed by atoms with Crippen LogP contribution in [-0.2, 0) is 15.6 Å². The standard InChI is InChI=1S/C18H17NO3S2/c1-18(20,14-8-3-2-4-9-14)15-10-5-6-11-16(15)19-24(21,22)17-12-7-13-23-17/h2-13,19-20H,1H3. The SMILES string of the molecule is CC(O)(c1ccccc1)c1ccccc1NS(=O)(=O)c1cccs1. The molecule has 24 heavy (non-hydrogen) atoms. The van der Waals surface area contributed by atoms with Crippen LogP contribution in [0.4, 0.5) is 5.69 Å². The van der Waals surface area contributed by atoms with Crippen molar-refractivity contribution in [2.24, 2.45) is 0 Å². The summed E-state index contributed by atoms with van der Waals surface area (Å²) in [5, 5.41) is 12.7. The summed E-state index contributed by atoms with van der Waals surface area (Å²) in [6.45, 7) is 1.65. The van der Waals surface area contributed by atoms with E-state index in [1.165, 1.54) is 0 Å². The van der Waals surface area contributed by atoms with Crippen molar-refractivity contribution in [1.82, 2.24) is 0 Å². The molecule has 1 aromatic heterocycles. The van der Waals surface area contributed by atoms with Crippen LogP contribution < -0.4 is 4.72 Å². The summed E-state index contributed by atoms with van der Waals surface area (Å²) in [7, 11) is -3.68. The number of para-hydroxylation sites is 1. The molecule has 0 aliphatic carbocycles. The fourth-order valence-corrected chi connectivity index (χ4v) is 4.60. The highest BCUT2D eigenvalue weighted by atomic mass is 32.2. The lowest BCUT2D eigenvalue weighted by Crippen LogP contribution is -2.25. The Labute approximate surface area is 145 Å². The predicted molar refractivity (Wildman–Crippen MR) is 96.7 cm³/mol. The van der Waals surface area contributed by atoms with E-state index in [-0.39, 0.29) is 4.21 Å². The molecular weight excluding hydrogens is 342 g/mol. The van der Waals surface area contributed by atoms with Gasteiger partial charge < -0.3 is 5.11 Å². The zero-order valence-electron chi connectivity index (χ0n) is 13.0. The van der Waals surface area contributed by atoms with Crippen LogP contribution in [0.2, 0.25) is 0 Å². The number of thiophene rings is 1. The quantitative estimate of drug-likeness (QED) is 0.728. The van der Waals surface area contributed by atoms with Crippen LogP contribution in [-0.4, -0.2) is 13.5 Å². The van der Waals surface area contributed by atoms with Crippen LogP contribution in [0.15, 0.2) is 76.3 Å². The van der Waals surface area contributed by atoms with E-state index in [0.29, 0.717) is 16.8 Å². The Morgan fingerprint density at radius 3 is 2.29 bits per heavy atom. The molecule has 0 aliphatic rings. The van der Waals surface area contributed by atoms with E-state index < -0.39 is 15.6 Å². The molecule has 124 valence electrons. The molecule has 0 saturated heterocycles. The van der Waals surface area contributed by atoms with Gasteiger partial charge in [0.25, 0.3) is 10.0 Å². The molecule has 6 heteroatoms. The Balaban J connectivity index is 2.03. The first-order chi connectivity index (χ1) is 11.4. The first-order valence-corrected chi connectivity index (χ1v) is 9.71. The molecule has 1 heterocycles. The maximum Gasteiger partial charge on any atom is 0.271 e. The minimum atomic E-state index is -3.68. The van der Waals surface area contributed by atoms with E-state index in [1.54, 1.807) is 48.7 Å². The van der Waals surface area contributed by atoms with Crippen molar-refractivity contribution in [3.8, 4) is 0 Å². The van der Waals surface area contributed by atoms with E-state index in [1.807, 2.05) is 30.3 Å². The largest absolute Gasteiger partial charge is 0.381 e. The summed E-state index contributed by atoms with van der Waals surface area (Å²) in [4.78, 5) is 0. The monoisotopic (exact) mass is 359 g/mol. The Hall–Kier alpha value is -2.15. The van der Waals surface area contributed by atoms with Crippen molar-refractivity contribution in [3.63, 3.8) is 0 Å². The lowest BCUT2D eigenvalue weighted by atomic mass is 9.87. The number of rotatable bonds is 5. The zero-order chi connectivity index (χ0) is 17.2. The lowest BCUT2D eigenvalue weighted by Gasteiger charge is -2.27. The predicted octanol–water partition coefficient (Wildman–Crippen LogP) is 3.80. The van der Waals surface area contributed by atoms with Gasteiger partial charge in [0.2, 0.25) is 0 Å². The second-order valence-corrected chi connectivity index (χ2v) is 8.38. The first kappa shape index (κ1) is 16.7. The van der Waals surface area contributed by atoms with Gasteiger partial charge in [0.05, 0.1) is 5.69 Å². The second-order valence-electron chi connectivity index (χ2n) is 5.52. The molecule has 0 saturated carbocycles. The van der Waals surface area contributed by atoms with Crippen LogP contribution >= 0.6 is 11.3 Å². The minimum absolute atomic E-state index is 0.233. The Kier molecular flexibility index (Phi) is 4.45. The molecule has 2 N–H and O–H groups in total. The fourth-order valence-electron chi connectivity index (χ4n) is 2.53. The van der Waals surface area contributed by atoms with Gasteiger partial charge >= 0.3 is 0 Å². The van der Waals surface area contributed by atoms with Crippen molar-refractivity contribution < 1.29 is 13.5 Å². The number of anilines is 1. The lowest BCUT2D eigenvalue weighted by molar-refractivity contribution is 0.103. The zero-order valence-corrected chi connectivity index (χ0v) is 14.6. The number of nitrogens with one attached hydrogen (secondary N) is 1. The van der Waals surface area contributed by atoms with E-state index in [0.717, 1.165) is 11.3 Å². The van der Waals surface area contributed by atoms with Crippen LogP contribution in [0.1, 0.15) is 18.1 Å². The fraction of sp³-hybridized carbons (Fsp3) is 0.111. The van der Waals surface area contributed by atoms with Gasteiger partial charge in [0.15, 0.2) is 0 Å². The summed E-state index contributed by atoms with van der Waals surface area (Å²) in [6, 6.07) is 19.3. The third kappa shape index (κ3) is 3.21. The maximum atomic E-state index is 12.5. The van der Waals surface area contributed by atoms with Gasteiger partial charge in [-0.2, -0.15) is 0 Å². The molecule has 0 spiro atoms. The van der Waals surface area contributed by atoms with Crippen molar-refractivity contribution in [1.29, 1.82) is 0 Å². The van der Waals surface area contributed by atoms with Crippen LogP contribution in [0.25, 0.3) is 0 Å². The maximum absolute atomic E-state index is 12.5. The van der Waals surface area contributed by atoms with Crippen LogP contribution in [0.5, 0.6) is 0 Å². The Bertz CT molecular complexity index is 918. The third-order valence-corrected chi connectivity index (χ3v) is 6.55. The second kappa shape index (κ2) is 6.39. The third-order valence-electron chi connectivity index (χ3n) is 3.79. The van der Waals surface area contributed by atoms with Gasteiger partial charge in [-0.1, -0.05) is 54.6 Å². The molecule has 0 amide bonds. The topological polar surface area (TPSA) is 66.4 Å². The van der Waals surface area contributed by atoms with Gasteiger partial charge in [-0.05, 0) is 30.0 Å². The van der Waals surface area contributed by atoms with Crippen LogP contribution in [0, 0.1) is 0 Å². The van der Waals surface area contributed by atoms with Crippen molar-refractivity contribution in [3.05, 3.63) is 83.2 Å². The number of aliphatic hydroxyl groups is 1. The average molecular weight is 359 g/mol. The molecular formula is C18H17NO3S2. The molecule has 0 bridgehead atoms. The minimum Gasteiger partial charge on any atom is -0.381 e. The van der Waals surface area contributed by atoms with Crippen molar-refractivity contribution in [2.45, 2.75) is 16.7 Å². The van der Waals surface area contributed by atoms with E-state index in [4.69, 9.17) is 0 Å². The van der Waals surface area contributed by atoms with E-state index in [2.05, 4.69) is 4.72 Å². The van der Waals surface area contributed by atoms with Crippen molar-refractivity contribution in [2.75, 3.05) is 4.72 Å². The summed E-state index contributed by atoms with van der Waals surface area (Å²) in [5.74, 6) is 0. The average Bonchev–Trinajstić information content (AvgIpc) is 3.11. The normalized spacial score (nSPS) is 14.1. The summed E-state index contributed by atoms with van der Waals surface area (Å²) in [6.07, 6.45) is 0. The number of hydrogen-bond acceptors (Lipinski definition) is 4. The molecule has 0 fully saturated rings.